The number of carbonyl (C=O) groups excluding carboxylic acids is 2. The summed E-state index contributed by atoms with van der Waals surface area (Å²) in [4.78, 5) is 27.8. The molecule has 3 aromatic rings. The van der Waals surface area contributed by atoms with Crippen LogP contribution in [0.2, 0.25) is 10.0 Å². The topological polar surface area (TPSA) is 49.4 Å². The zero-order valence-corrected chi connectivity index (χ0v) is 19.0. The predicted molar refractivity (Wildman–Crippen MR) is 125 cm³/mol. The molecule has 0 saturated carbocycles. The molecule has 0 aromatic heterocycles. The van der Waals surface area contributed by atoms with E-state index in [9.17, 15) is 14.0 Å². The van der Waals surface area contributed by atoms with E-state index < -0.39 is 6.04 Å². The molecule has 0 fully saturated rings. The van der Waals surface area contributed by atoms with Crippen LogP contribution in [0.25, 0.3) is 0 Å². The van der Waals surface area contributed by atoms with Crippen molar-refractivity contribution >= 4 is 35.0 Å². The van der Waals surface area contributed by atoms with Gasteiger partial charge in [-0.1, -0.05) is 71.7 Å². The molecule has 0 aliphatic heterocycles. The standard InChI is InChI=1S/C25H23Cl2FN2O2/c1-29-25(32)23(14-17-5-3-2-4-6-17)30(16-19-9-12-21(26)22(27)13-19)24(31)15-18-7-10-20(28)11-8-18/h2-13,23H,14-16H2,1H3,(H,29,32)/t23-/m0/s1. The van der Waals surface area contributed by atoms with Gasteiger partial charge >= 0.3 is 0 Å². The van der Waals surface area contributed by atoms with Crippen molar-refractivity contribution in [3.05, 3.63) is 105 Å². The number of nitrogens with one attached hydrogen (secondary N) is 1. The molecule has 0 aliphatic carbocycles. The van der Waals surface area contributed by atoms with Crippen LogP contribution in [-0.4, -0.2) is 29.8 Å². The molecule has 4 nitrogen and oxygen atoms in total. The van der Waals surface area contributed by atoms with Crippen molar-refractivity contribution in [2.75, 3.05) is 7.05 Å². The first-order chi connectivity index (χ1) is 15.4. The number of halogens is 3. The van der Waals surface area contributed by atoms with Crippen LogP contribution in [0.4, 0.5) is 4.39 Å². The van der Waals surface area contributed by atoms with Gasteiger partial charge in [0.25, 0.3) is 0 Å². The van der Waals surface area contributed by atoms with Gasteiger partial charge in [0.05, 0.1) is 16.5 Å². The highest BCUT2D eigenvalue weighted by molar-refractivity contribution is 6.42. The molecule has 2 amide bonds. The number of hydrogen-bond donors (Lipinski definition) is 1. The summed E-state index contributed by atoms with van der Waals surface area (Å²) in [6.45, 7) is 0.168. The van der Waals surface area contributed by atoms with Crippen LogP contribution in [0.5, 0.6) is 0 Å². The van der Waals surface area contributed by atoms with Crippen LogP contribution in [-0.2, 0) is 29.0 Å². The van der Waals surface area contributed by atoms with E-state index in [2.05, 4.69) is 5.32 Å². The molecular weight excluding hydrogens is 450 g/mol. The third kappa shape index (κ3) is 6.31. The summed E-state index contributed by atoms with van der Waals surface area (Å²) in [6, 6.07) is 19.6. The number of carbonyl (C=O) groups is 2. The molecule has 3 aromatic carbocycles. The average Bonchev–Trinajstić information content (AvgIpc) is 2.80. The SMILES string of the molecule is CNC(=O)[C@H](Cc1ccccc1)N(Cc1ccc(Cl)c(Cl)c1)C(=O)Cc1ccc(F)cc1. The van der Waals surface area contributed by atoms with Gasteiger partial charge in [-0.25, -0.2) is 4.39 Å². The predicted octanol–water partition coefficient (Wildman–Crippen LogP) is 5.06. The summed E-state index contributed by atoms with van der Waals surface area (Å²) in [5, 5.41) is 3.45. The Labute approximate surface area is 197 Å². The molecule has 7 heteroatoms. The molecule has 0 aliphatic rings. The summed E-state index contributed by atoms with van der Waals surface area (Å²) < 4.78 is 13.3. The molecule has 0 spiro atoms. The fourth-order valence-corrected chi connectivity index (χ4v) is 3.75. The van der Waals surface area contributed by atoms with Crippen LogP contribution < -0.4 is 5.32 Å². The van der Waals surface area contributed by atoms with Crippen molar-refractivity contribution in [1.82, 2.24) is 10.2 Å². The maximum absolute atomic E-state index is 13.4. The van der Waals surface area contributed by atoms with Crippen molar-refractivity contribution in [1.29, 1.82) is 0 Å². The minimum Gasteiger partial charge on any atom is -0.357 e. The van der Waals surface area contributed by atoms with E-state index >= 15 is 0 Å². The number of hydrogen-bond acceptors (Lipinski definition) is 2. The zero-order chi connectivity index (χ0) is 23.1. The molecule has 1 atom stereocenters. The number of nitrogens with zero attached hydrogens (tertiary/aromatic N) is 1. The highest BCUT2D eigenvalue weighted by atomic mass is 35.5. The lowest BCUT2D eigenvalue weighted by Crippen LogP contribution is -2.50. The Kier molecular flexibility index (Phi) is 8.26. The van der Waals surface area contributed by atoms with E-state index in [1.807, 2.05) is 30.3 Å². The van der Waals surface area contributed by atoms with Gasteiger partial charge in [-0.3, -0.25) is 9.59 Å². The Hall–Kier alpha value is -2.89. The van der Waals surface area contributed by atoms with Crippen molar-refractivity contribution < 1.29 is 14.0 Å². The minimum atomic E-state index is -0.746. The second-order valence-corrected chi connectivity index (χ2v) is 8.21. The monoisotopic (exact) mass is 472 g/mol. The third-order valence-electron chi connectivity index (χ3n) is 5.12. The fraction of sp³-hybridized carbons (Fsp3) is 0.200. The Morgan fingerprint density at radius 1 is 0.906 bits per heavy atom. The van der Waals surface area contributed by atoms with Gasteiger partial charge in [0.15, 0.2) is 0 Å². The van der Waals surface area contributed by atoms with Crippen molar-refractivity contribution in [3.8, 4) is 0 Å². The smallest absolute Gasteiger partial charge is 0.242 e. The van der Waals surface area contributed by atoms with Gasteiger partial charge in [-0.15, -0.1) is 0 Å². The van der Waals surface area contributed by atoms with Crippen LogP contribution >= 0.6 is 23.2 Å². The Morgan fingerprint density at radius 2 is 1.56 bits per heavy atom. The molecule has 1 N–H and O–H groups in total. The summed E-state index contributed by atoms with van der Waals surface area (Å²) in [5.41, 5.74) is 2.33. The third-order valence-corrected chi connectivity index (χ3v) is 5.86. The van der Waals surface area contributed by atoms with Gasteiger partial charge in [0, 0.05) is 20.0 Å². The normalized spacial score (nSPS) is 11.6. The van der Waals surface area contributed by atoms with Gasteiger partial charge in [-0.05, 0) is 41.0 Å². The summed E-state index contributed by atoms with van der Waals surface area (Å²) in [7, 11) is 1.54. The molecule has 0 bridgehead atoms. The maximum Gasteiger partial charge on any atom is 0.242 e. The van der Waals surface area contributed by atoms with Crippen LogP contribution in [0.3, 0.4) is 0 Å². The second kappa shape index (κ2) is 11.1. The Balaban J connectivity index is 1.94. The van der Waals surface area contributed by atoms with Crippen LogP contribution in [0.15, 0.2) is 72.8 Å². The highest BCUT2D eigenvalue weighted by Gasteiger charge is 2.30. The molecule has 0 radical (unpaired) electrons. The van der Waals surface area contributed by atoms with Gasteiger partial charge < -0.3 is 10.2 Å². The van der Waals surface area contributed by atoms with E-state index in [0.29, 0.717) is 22.0 Å². The van der Waals surface area contributed by atoms with E-state index in [-0.39, 0.29) is 30.6 Å². The average molecular weight is 473 g/mol. The van der Waals surface area contributed by atoms with Crippen LogP contribution in [0.1, 0.15) is 16.7 Å². The lowest BCUT2D eigenvalue weighted by atomic mass is 10.0. The van der Waals surface area contributed by atoms with Gasteiger partial charge in [0.1, 0.15) is 11.9 Å². The Bertz CT molecular complexity index is 1080. The van der Waals surface area contributed by atoms with Gasteiger partial charge in [-0.2, -0.15) is 0 Å². The minimum absolute atomic E-state index is 0.0316. The lowest BCUT2D eigenvalue weighted by molar-refractivity contribution is -0.140. The number of likely N-dealkylation sites (N-methyl/N-ethyl adjacent to an activating group) is 1. The van der Waals surface area contributed by atoms with Crippen molar-refractivity contribution in [2.24, 2.45) is 0 Å². The fourth-order valence-electron chi connectivity index (χ4n) is 3.43. The van der Waals surface area contributed by atoms with Gasteiger partial charge in [0.2, 0.25) is 11.8 Å². The first-order valence-corrected chi connectivity index (χ1v) is 10.9. The first-order valence-electron chi connectivity index (χ1n) is 10.1. The number of rotatable bonds is 8. The number of amides is 2. The van der Waals surface area contributed by atoms with E-state index in [1.54, 1.807) is 37.4 Å². The maximum atomic E-state index is 13.4. The molecule has 0 saturated heterocycles. The van der Waals surface area contributed by atoms with E-state index in [0.717, 1.165) is 11.1 Å². The molecule has 32 heavy (non-hydrogen) atoms. The lowest BCUT2D eigenvalue weighted by Gasteiger charge is -2.31. The van der Waals surface area contributed by atoms with Crippen molar-refractivity contribution in [2.45, 2.75) is 25.4 Å². The van der Waals surface area contributed by atoms with Crippen molar-refractivity contribution in [3.63, 3.8) is 0 Å². The van der Waals surface area contributed by atoms with Crippen LogP contribution in [0, 0.1) is 5.82 Å². The largest absolute Gasteiger partial charge is 0.357 e. The molecule has 3 rings (SSSR count). The van der Waals surface area contributed by atoms with E-state index in [1.165, 1.54) is 17.0 Å². The Morgan fingerprint density at radius 3 is 2.19 bits per heavy atom. The molecular formula is C25H23Cl2FN2O2. The molecule has 0 heterocycles. The van der Waals surface area contributed by atoms with E-state index in [4.69, 9.17) is 23.2 Å². The number of benzene rings is 3. The second-order valence-electron chi connectivity index (χ2n) is 7.39. The quantitative estimate of drug-likeness (QED) is 0.497. The molecule has 166 valence electrons. The summed E-state index contributed by atoms with van der Waals surface area (Å²) >= 11 is 12.2. The summed E-state index contributed by atoms with van der Waals surface area (Å²) in [6.07, 6.45) is 0.376. The molecule has 0 unspecified atom stereocenters. The first kappa shape index (κ1) is 23.8. The summed E-state index contributed by atoms with van der Waals surface area (Å²) in [5.74, 6) is -0.908. The highest BCUT2D eigenvalue weighted by Crippen LogP contribution is 2.24. The zero-order valence-electron chi connectivity index (χ0n) is 17.5.